The van der Waals surface area contributed by atoms with Crippen LogP contribution >= 0.6 is 0 Å². The maximum atomic E-state index is 10.7. The molecule has 0 bridgehead atoms. The maximum Gasteiger partial charge on any atom is 0.335 e. The molecule has 1 aromatic carbocycles. The first-order valence-electron chi connectivity index (χ1n) is 6.82. The lowest BCUT2D eigenvalue weighted by Crippen LogP contribution is -2.05. The molecule has 20 heavy (non-hydrogen) atoms. The van der Waals surface area contributed by atoms with Crippen molar-refractivity contribution in [3.63, 3.8) is 0 Å². The average Bonchev–Trinajstić information content (AvgIpc) is 2.44. The van der Waals surface area contributed by atoms with Crippen molar-refractivity contribution in [1.29, 1.82) is 0 Å². The van der Waals surface area contributed by atoms with Gasteiger partial charge in [-0.15, -0.1) is 0 Å². The second-order valence-electron chi connectivity index (χ2n) is 4.75. The molecule has 110 valence electrons. The minimum absolute atomic E-state index is 0.271. The van der Waals surface area contributed by atoms with Gasteiger partial charge in [0.05, 0.1) is 25.0 Å². The first kappa shape index (κ1) is 16.1. The number of carboxylic acid groups (broad SMARTS) is 1. The van der Waals surface area contributed by atoms with E-state index < -0.39 is 5.97 Å². The predicted octanol–water partition coefficient (Wildman–Crippen LogP) is 3.73. The monoisotopic (exact) mass is 278 g/mol. The van der Waals surface area contributed by atoms with Crippen LogP contribution in [0.1, 0.15) is 36.5 Å². The molecule has 0 aliphatic rings. The third-order valence-corrected chi connectivity index (χ3v) is 3.06. The summed E-state index contributed by atoms with van der Waals surface area (Å²) in [7, 11) is 0. The van der Waals surface area contributed by atoms with Gasteiger partial charge in [0.15, 0.2) is 0 Å². The fourth-order valence-electron chi connectivity index (χ4n) is 1.81. The molecule has 0 unspecified atom stereocenters. The number of carbonyl (C=O) groups is 1. The van der Waals surface area contributed by atoms with Gasteiger partial charge in [-0.2, -0.15) is 0 Å². The van der Waals surface area contributed by atoms with Crippen LogP contribution in [0.3, 0.4) is 0 Å². The molecule has 0 amide bonds. The van der Waals surface area contributed by atoms with Crippen LogP contribution in [0, 0.1) is 5.92 Å². The molecule has 0 saturated carbocycles. The second kappa shape index (κ2) is 9.02. The number of carboxylic acids is 1. The lowest BCUT2D eigenvalue weighted by Gasteiger charge is -2.12. The molecule has 4 heteroatoms. The van der Waals surface area contributed by atoms with E-state index in [1.165, 1.54) is 6.26 Å². The number of aromatic carboxylic acids is 1. The Hall–Kier alpha value is -1.97. The van der Waals surface area contributed by atoms with E-state index in [9.17, 15) is 4.79 Å². The van der Waals surface area contributed by atoms with E-state index in [1.54, 1.807) is 24.3 Å². The van der Waals surface area contributed by atoms with Crippen molar-refractivity contribution in [1.82, 2.24) is 0 Å². The smallest absolute Gasteiger partial charge is 0.335 e. The molecule has 1 rings (SSSR count). The van der Waals surface area contributed by atoms with Gasteiger partial charge in [-0.05, 0) is 49.4 Å². The number of hydrogen-bond donors (Lipinski definition) is 1. The Morgan fingerprint density at radius 2 is 2.00 bits per heavy atom. The molecule has 1 atom stereocenters. The van der Waals surface area contributed by atoms with Crippen LogP contribution in [-0.4, -0.2) is 24.3 Å². The summed E-state index contributed by atoms with van der Waals surface area (Å²) in [6, 6.07) is 6.47. The maximum absolute atomic E-state index is 10.7. The van der Waals surface area contributed by atoms with Crippen LogP contribution in [0.4, 0.5) is 0 Å². The molecule has 1 aromatic rings. The van der Waals surface area contributed by atoms with E-state index in [2.05, 4.69) is 13.5 Å². The van der Waals surface area contributed by atoms with E-state index in [1.807, 2.05) is 0 Å². The van der Waals surface area contributed by atoms with E-state index in [4.69, 9.17) is 14.6 Å². The molecule has 0 saturated heterocycles. The zero-order valence-corrected chi connectivity index (χ0v) is 11.9. The molecular weight excluding hydrogens is 256 g/mol. The Labute approximate surface area is 120 Å². The topological polar surface area (TPSA) is 55.8 Å². The first-order valence-corrected chi connectivity index (χ1v) is 6.82. The quantitative estimate of drug-likeness (QED) is 0.523. The van der Waals surface area contributed by atoms with Crippen molar-refractivity contribution < 1.29 is 19.4 Å². The highest BCUT2D eigenvalue weighted by Crippen LogP contribution is 2.15. The number of benzene rings is 1. The van der Waals surface area contributed by atoms with Gasteiger partial charge >= 0.3 is 5.97 Å². The van der Waals surface area contributed by atoms with Crippen LogP contribution in [-0.2, 0) is 4.74 Å². The van der Waals surface area contributed by atoms with Gasteiger partial charge in [0.1, 0.15) is 5.75 Å². The third kappa shape index (κ3) is 6.27. The number of ether oxygens (including phenoxy) is 2. The molecular formula is C16H22O4. The number of hydrogen-bond acceptors (Lipinski definition) is 3. The van der Waals surface area contributed by atoms with E-state index in [0.717, 1.165) is 19.3 Å². The Balaban J connectivity index is 2.19. The molecule has 0 fully saturated rings. The summed E-state index contributed by atoms with van der Waals surface area (Å²) in [5.74, 6) is 0.353. The van der Waals surface area contributed by atoms with Crippen LogP contribution in [0.25, 0.3) is 0 Å². The predicted molar refractivity (Wildman–Crippen MR) is 78.1 cm³/mol. The number of rotatable bonds is 10. The summed E-state index contributed by atoms with van der Waals surface area (Å²) in [5.41, 5.74) is 0.271. The van der Waals surface area contributed by atoms with Gasteiger partial charge in [-0.3, -0.25) is 0 Å². The highest BCUT2D eigenvalue weighted by atomic mass is 16.5. The van der Waals surface area contributed by atoms with Gasteiger partial charge in [-0.25, -0.2) is 4.79 Å². The molecule has 4 nitrogen and oxygen atoms in total. The molecule has 0 aliphatic carbocycles. The van der Waals surface area contributed by atoms with Crippen molar-refractivity contribution in [2.45, 2.75) is 26.2 Å². The highest BCUT2D eigenvalue weighted by Gasteiger charge is 2.04. The van der Waals surface area contributed by atoms with Gasteiger partial charge < -0.3 is 14.6 Å². The fraction of sp³-hybridized carbons (Fsp3) is 0.438. The third-order valence-electron chi connectivity index (χ3n) is 3.06. The second-order valence-corrected chi connectivity index (χ2v) is 4.75. The van der Waals surface area contributed by atoms with E-state index in [-0.39, 0.29) is 5.56 Å². The molecule has 0 aromatic heterocycles. The van der Waals surface area contributed by atoms with Crippen molar-refractivity contribution in [3.8, 4) is 5.75 Å². The van der Waals surface area contributed by atoms with E-state index in [0.29, 0.717) is 24.9 Å². The molecule has 1 N–H and O–H groups in total. The van der Waals surface area contributed by atoms with Gasteiger partial charge in [-0.1, -0.05) is 13.5 Å². The Kier molecular flexibility index (Phi) is 7.25. The van der Waals surface area contributed by atoms with Crippen LogP contribution in [0.15, 0.2) is 37.1 Å². The summed E-state index contributed by atoms with van der Waals surface area (Å²) in [6.45, 7) is 7.03. The minimum Gasteiger partial charge on any atom is -0.502 e. The SMILES string of the molecule is C=COCCC[C@H](C)CCOc1ccc(C(=O)O)cc1. The highest BCUT2D eigenvalue weighted by molar-refractivity contribution is 5.87. The fourth-order valence-corrected chi connectivity index (χ4v) is 1.81. The largest absolute Gasteiger partial charge is 0.502 e. The Bertz CT molecular complexity index is 411. The molecule has 0 aliphatic heterocycles. The van der Waals surface area contributed by atoms with Gasteiger partial charge in [0.25, 0.3) is 0 Å². The lowest BCUT2D eigenvalue weighted by molar-refractivity contribution is 0.0697. The zero-order valence-electron chi connectivity index (χ0n) is 11.9. The van der Waals surface area contributed by atoms with E-state index >= 15 is 0 Å². The summed E-state index contributed by atoms with van der Waals surface area (Å²) in [6.07, 6.45) is 4.54. The lowest BCUT2D eigenvalue weighted by atomic mass is 10.0. The summed E-state index contributed by atoms with van der Waals surface area (Å²) in [4.78, 5) is 10.7. The molecule has 0 heterocycles. The van der Waals surface area contributed by atoms with Gasteiger partial charge in [0.2, 0.25) is 0 Å². The van der Waals surface area contributed by atoms with Crippen LogP contribution < -0.4 is 4.74 Å². The summed E-state index contributed by atoms with van der Waals surface area (Å²) >= 11 is 0. The Morgan fingerprint density at radius 3 is 2.60 bits per heavy atom. The normalized spacial score (nSPS) is 11.7. The van der Waals surface area contributed by atoms with Crippen LogP contribution in [0.5, 0.6) is 5.75 Å². The van der Waals surface area contributed by atoms with Crippen molar-refractivity contribution >= 4 is 5.97 Å². The van der Waals surface area contributed by atoms with Crippen molar-refractivity contribution in [3.05, 3.63) is 42.7 Å². The standard InChI is InChI=1S/C16H22O4/c1-3-19-11-4-5-13(2)10-12-20-15-8-6-14(7-9-15)16(17)18/h3,6-9,13H,1,4-5,10-12H2,2H3,(H,17,18)/t13-/m0/s1. The zero-order chi connectivity index (χ0) is 14.8. The first-order chi connectivity index (χ1) is 9.63. The molecule has 0 spiro atoms. The summed E-state index contributed by atoms with van der Waals surface area (Å²) < 4.78 is 10.7. The van der Waals surface area contributed by atoms with Gasteiger partial charge in [0, 0.05) is 0 Å². The summed E-state index contributed by atoms with van der Waals surface area (Å²) in [5, 5.41) is 8.79. The average molecular weight is 278 g/mol. The minimum atomic E-state index is -0.924. The Morgan fingerprint density at radius 1 is 1.30 bits per heavy atom. The molecule has 0 radical (unpaired) electrons. The van der Waals surface area contributed by atoms with Crippen molar-refractivity contribution in [2.24, 2.45) is 5.92 Å². The van der Waals surface area contributed by atoms with Crippen LogP contribution in [0.2, 0.25) is 0 Å². The van der Waals surface area contributed by atoms with Crippen molar-refractivity contribution in [2.75, 3.05) is 13.2 Å².